The van der Waals surface area contributed by atoms with E-state index in [1.165, 1.54) is 0 Å². The smallest absolute Gasteiger partial charge is 0.325 e. The van der Waals surface area contributed by atoms with Crippen molar-refractivity contribution < 1.29 is 22.8 Å². The van der Waals surface area contributed by atoms with E-state index in [9.17, 15) is 22.8 Å². The van der Waals surface area contributed by atoms with Gasteiger partial charge in [-0.25, -0.2) is 13.2 Å². The number of benzene rings is 1. The lowest BCUT2D eigenvalue weighted by molar-refractivity contribution is -0.127. The zero-order valence-electron chi connectivity index (χ0n) is 12.0. The molecule has 0 aliphatic carbocycles. The Balaban J connectivity index is 2.02. The van der Waals surface area contributed by atoms with Crippen LogP contribution in [0, 0.1) is 0 Å². The Morgan fingerprint density at radius 3 is 2.45 bits per heavy atom. The molecule has 0 aromatic heterocycles. The minimum atomic E-state index is -3.22. The summed E-state index contributed by atoms with van der Waals surface area (Å²) in [4.78, 5) is 36.7. The zero-order valence-corrected chi connectivity index (χ0v) is 12.8. The molecule has 2 rings (SSSR count). The first kappa shape index (κ1) is 16.2. The molecule has 3 amide bonds. The SMILES string of the molecule is CS(=O)(=O)CC[C@H]1NC(=O)N(CC(=O)c2ccccc2)C1=O. The maximum Gasteiger partial charge on any atom is 0.325 e. The van der Waals surface area contributed by atoms with E-state index in [-0.39, 0.29) is 24.5 Å². The number of rotatable bonds is 6. The maximum atomic E-state index is 12.1. The Bertz CT molecular complexity index is 699. The normalized spacial score (nSPS) is 18.4. The van der Waals surface area contributed by atoms with Crippen LogP contribution in [0.3, 0.4) is 0 Å². The Hall–Kier alpha value is -2.22. The van der Waals surface area contributed by atoms with Crippen LogP contribution in [0.1, 0.15) is 16.8 Å². The fourth-order valence-electron chi connectivity index (χ4n) is 2.11. The van der Waals surface area contributed by atoms with Crippen LogP contribution < -0.4 is 5.32 Å². The lowest BCUT2D eigenvalue weighted by Gasteiger charge is -2.12. The average Bonchev–Trinajstić information content (AvgIpc) is 2.73. The molecule has 1 aliphatic heterocycles. The molecule has 1 N–H and O–H groups in total. The molecule has 0 unspecified atom stereocenters. The quantitative estimate of drug-likeness (QED) is 0.596. The number of ketones is 1. The third kappa shape index (κ3) is 3.91. The van der Waals surface area contributed by atoms with Crippen LogP contribution in [0.5, 0.6) is 0 Å². The molecule has 1 aromatic rings. The number of nitrogens with one attached hydrogen (secondary N) is 1. The molecule has 22 heavy (non-hydrogen) atoms. The van der Waals surface area contributed by atoms with E-state index in [0.717, 1.165) is 11.2 Å². The van der Waals surface area contributed by atoms with Crippen molar-refractivity contribution in [3.05, 3.63) is 35.9 Å². The fraction of sp³-hybridized carbons (Fsp3) is 0.357. The molecule has 1 fully saturated rings. The van der Waals surface area contributed by atoms with Crippen molar-refractivity contribution >= 4 is 27.6 Å². The second-order valence-electron chi connectivity index (χ2n) is 5.13. The number of amides is 3. The van der Waals surface area contributed by atoms with Crippen LogP contribution in [0.4, 0.5) is 4.79 Å². The molecular formula is C14H16N2O5S. The van der Waals surface area contributed by atoms with Crippen molar-refractivity contribution in [2.75, 3.05) is 18.6 Å². The standard InChI is InChI=1S/C14H16N2O5S/c1-22(20,21)8-7-11-13(18)16(14(19)15-11)9-12(17)10-5-3-2-4-6-10/h2-6,11H,7-9H2,1H3,(H,15,19)/t11-/m1/s1. The van der Waals surface area contributed by atoms with Gasteiger partial charge in [0.1, 0.15) is 15.9 Å². The van der Waals surface area contributed by atoms with Gasteiger partial charge in [0.2, 0.25) is 0 Å². The molecule has 8 heteroatoms. The number of carbonyl (C=O) groups is 3. The third-order valence-corrected chi connectivity index (χ3v) is 4.26. The molecule has 7 nitrogen and oxygen atoms in total. The number of Topliss-reactive ketones (excluding diaryl/α,β-unsaturated/α-hetero) is 1. The van der Waals surface area contributed by atoms with E-state index in [1.54, 1.807) is 30.3 Å². The summed E-state index contributed by atoms with van der Waals surface area (Å²) in [6.07, 6.45) is 1.06. The predicted molar refractivity (Wildman–Crippen MR) is 79.1 cm³/mol. The molecule has 1 aliphatic rings. The van der Waals surface area contributed by atoms with E-state index in [0.29, 0.717) is 5.56 Å². The van der Waals surface area contributed by atoms with Crippen molar-refractivity contribution in [3.63, 3.8) is 0 Å². The molecule has 0 saturated carbocycles. The summed E-state index contributed by atoms with van der Waals surface area (Å²) < 4.78 is 22.3. The highest BCUT2D eigenvalue weighted by Crippen LogP contribution is 2.12. The van der Waals surface area contributed by atoms with Crippen molar-refractivity contribution in [1.29, 1.82) is 0 Å². The second kappa shape index (κ2) is 6.27. The molecule has 1 saturated heterocycles. The van der Waals surface area contributed by atoms with Crippen LogP contribution in [-0.4, -0.2) is 55.6 Å². The van der Waals surface area contributed by atoms with E-state index in [2.05, 4.69) is 5.32 Å². The molecule has 1 atom stereocenters. The topological polar surface area (TPSA) is 101 Å². The number of carbonyl (C=O) groups excluding carboxylic acids is 3. The number of sulfone groups is 1. The minimum Gasteiger partial charge on any atom is -0.326 e. The lowest BCUT2D eigenvalue weighted by atomic mass is 10.1. The van der Waals surface area contributed by atoms with Crippen LogP contribution in [0.15, 0.2) is 30.3 Å². The van der Waals surface area contributed by atoms with Gasteiger partial charge in [-0.3, -0.25) is 14.5 Å². The van der Waals surface area contributed by atoms with E-state index < -0.39 is 27.8 Å². The van der Waals surface area contributed by atoms with Crippen LogP contribution in [0.2, 0.25) is 0 Å². The number of nitrogens with zero attached hydrogens (tertiary/aromatic N) is 1. The highest BCUT2D eigenvalue weighted by atomic mass is 32.2. The second-order valence-corrected chi connectivity index (χ2v) is 7.39. The molecule has 0 spiro atoms. The Morgan fingerprint density at radius 1 is 1.23 bits per heavy atom. The van der Waals surface area contributed by atoms with Gasteiger partial charge >= 0.3 is 6.03 Å². The van der Waals surface area contributed by atoms with Gasteiger partial charge in [0.15, 0.2) is 5.78 Å². The summed E-state index contributed by atoms with van der Waals surface area (Å²) in [5.41, 5.74) is 0.405. The molecule has 0 radical (unpaired) electrons. The Kier molecular flexibility index (Phi) is 4.60. The van der Waals surface area contributed by atoms with Gasteiger partial charge in [-0.2, -0.15) is 0 Å². The minimum absolute atomic E-state index is 0.000561. The van der Waals surface area contributed by atoms with Gasteiger partial charge in [0.05, 0.1) is 12.3 Å². The van der Waals surface area contributed by atoms with Gasteiger partial charge in [-0.1, -0.05) is 30.3 Å². The summed E-state index contributed by atoms with van der Waals surface area (Å²) in [5.74, 6) is -1.13. The van der Waals surface area contributed by atoms with Gasteiger partial charge in [0, 0.05) is 11.8 Å². The van der Waals surface area contributed by atoms with E-state index >= 15 is 0 Å². The zero-order chi connectivity index (χ0) is 16.3. The van der Waals surface area contributed by atoms with Crippen LogP contribution in [0.25, 0.3) is 0 Å². The van der Waals surface area contributed by atoms with Gasteiger partial charge in [0.25, 0.3) is 5.91 Å². The van der Waals surface area contributed by atoms with Crippen LogP contribution in [-0.2, 0) is 14.6 Å². The summed E-state index contributed by atoms with van der Waals surface area (Å²) in [5, 5.41) is 2.40. The van der Waals surface area contributed by atoms with Crippen LogP contribution >= 0.6 is 0 Å². The number of urea groups is 1. The van der Waals surface area contributed by atoms with Crippen molar-refractivity contribution in [2.45, 2.75) is 12.5 Å². The highest BCUT2D eigenvalue weighted by molar-refractivity contribution is 7.90. The van der Waals surface area contributed by atoms with Crippen molar-refractivity contribution in [3.8, 4) is 0 Å². The Labute approximate surface area is 128 Å². The molecule has 1 heterocycles. The van der Waals surface area contributed by atoms with Gasteiger partial charge in [-0.05, 0) is 6.42 Å². The first-order valence-corrected chi connectivity index (χ1v) is 8.72. The van der Waals surface area contributed by atoms with Gasteiger partial charge in [-0.15, -0.1) is 0 Å². The van der Waals surface area contributed by atoms with Gasteiger partial charge < -0.3 is 5.32 Å². The summed E-state index contributed by atoms with van der Waals surface area (Å²) in [7, 11) is -3.22. The summed E-state index contributed by atoms with van der Waals surface area (Å²) >= 11 is 0. The number of hydrogen-bond donors (Lipinski definition) is 1. The molecule has 118 valence electrons. The molecule has 1 aromatic carbocycles. The first-order valence-electron chi connectivity index (χ1n) is 6.66. The van der Waals surface area contributed by atoms with E-state index in [1.807, 2.05) is 0 Å². The average molecular weight is 324 g/mol. The van der Waals surface area contributed by atoms with Crippen molar-refractivity contribution in [1.82, 2.24) is 10.2 Å². The van der Waals surface area contributed by atoms with E-state index in [4.69, 9.17) is 0 Å². The summed E-state index contributed by atoms with van der Waals surface area (Å²) in [6.45, 7) is -0.357. The van der Waals surface area contributed by atoms with Crippen molar-refractivity contribution in [2.24, 2.45) is 0 Å². The lowest BCUT2D eigenvalue weighted by Crippen LogP contribution is -2.36. The fourth-order valence-corrected chi connectivity index (χ4v) is 2.78. The third-order valence-electron chi connectivity index (χ3n) is 3.28. The summed E-state index contributed by atoms with van der Waals surface area (Å²) in [6, 6.07) is 6.76. The Morgan fingerprint density at radius 2 is 1.86 bits per heavy atom. The number of imide groups is 1. The first-order chi connectivity index (χ1) is 10.3. The maximum absolute atomic E-state index is 12.1. The number of hydrogen-bond acceptors (Lipinski definition) is 5. The monoisotopic (exact) mass is 324 g/mol. The predicted octanol–water partition coefficient (Wildman–Crippen LogP) is 0.224. The molecule has 0 bridgehead atoms. The molecular weight excluding hydrogens is 308 g/mol. The largest absolute Gasteiger partial charge is 0.326 e. The highest BCUT2D eigenvalue weighted by Gasteiger charge is 2.39.